The van der Waals surface area contributed by atoms with Gasteiger partial charge in [0.25, 0.3) is 0 Å². The molecule has 0 atom stereocenters. The molecule has 0 aliphatic carbocycles. The third kappa shape index (κ3) is 3.60. The molecule has 0 spiro atoms. The van der Waals surface area contributed by atoms with Crippen molar-refractivity contribution in [2.75, 3.05) is 0 Å². The molecule has 0 saturated heterocycles. The lowest BCUT2D eigenvalue weighted by molar-refractivity contribution is 0.620. The van der Waals surface area contributed by atoms with Crippen molar-refractivity contribution in [3.05, 3.63) is 134 Å². The van der Waals surface area contributed by atoms with E-state index in [0.717, 1.165) is 55.8 Å². The maximum Gasteiger partial charge on any atom is 0.227 e. The van der Waals surface area contributed by atoms with E-state index in [9.17, 15) is 0 Å². The van der Waals surface area contributed by atoms with Crippen LogP contribution in [0.15, 0.2) is 138 Å². The van der Waals surface area contributed by atoms with E-state index in [4.69, 9.17) is 14.4 Å². The third-order valence-corrected chi connectivity index (χ3v) is 7.41. The molecule has 0 saturated carbocycles. The fourth-order valence-electron chi connectivity index (χ4n) is 5.57. The van der Waals surface area contributed by atoms with Crippen LogP contribution in [0.3, 0.4) is 0 Å². The molecular formula is C35H22N4O. The summed E-state index contributed by atoms with van der Waals surface area (Å²) in [5.41, 5.74) is 10.0. The Hall–Kier alpha value is -5.55. The summed E-state index contributed by atoms with van der Waals surface area (Å²) in [6, 6.07) is 39.5. The summed E-state index contributed by atoms with van der Waals surface area (Å²) in [6.45, 7) is 0. The van der Waals surface area contributed by atoms with Crippen LogP contribution in [0.5, 0.6) is 0 Å². The van der Waals surface area contributed by atoms with Crippen LogP contribution in [0, 0.1) is 0 Å². The second-order valence-electron chi connectivity index (χ2n) is 9.75. The second kappa shape index (κ2) is 9.03. The fraction of sp³-hybridized carbons (Fsp3) is 0. The molecule has 0 aliphatic rings. The van der Waals surface area contributed by atoms with E-state index in [2.05, 4.69) is 76.3 Å². The van der Waals surface area contributed by atoms with Crippen LogP contribution < -0.4 is 0 Å². The Balaban J connectivity index is 1.39. The zero-order chi connectivity index (χ0) is 26.5. The molecule has 40 heavy (non-hydrogen) atoms. The number of fused-ring (bicyclic) bond motifs is 4. The first-order chi connectivity index (χ1) is 19.8. The Labute approximate surface area is 230 Å². The summed E-state index contributed by atoms with van der Waals surface area (Å²) in [6.07, 6.45) is 5.49. The van der Waals surface area contributed by atoms with Crippen LogP contribution in [0.1, 0.15) is 0 Å². The molecule has 5 heteroatoms. The normalized spacial score (nSPS) is 11.5. The van der Waals surface area contributed by atoms with Crippen LogP contribution >= 0.6 is 0 Å². The zero-order valence-corrected chi connectivity index (χ0v) is 21.4. The van der Waals surface area contributed by atoms with Gasteiger partial charge in [-0.2, -0.15) is 0 Å². The summed E-state index contributed by atoms with van der Waals surface area (Å²) in [7, 11) is 0. The van der Waals surface area contributed by atoms with E-state index in [-0.39, 0.29) is 0 Å². The predicted octanol–water partition coefficient (Wildman–Crippen LogP) is 8.72. The van der Waals surface area contributed by atoms with Crippen molar-refractivity contribution in [2.45, 2.75) is 0 Å². The lowest BCUT2D eigenvalue weighted by Crippen LogP contribution is -1.97. The van der Waals surface area contributed by atoms with Crippen LogP contribution in [0.4, 0.5) is 0 Å². The zero-order valence-electron chi connectivity index (χ0n) is 21.4. The van der Waals surface area contributed by atoms with Crippen molar-refractivity contribution in [3.8, 4) is 39.5 Å². The van der Waals surface area contributed by atoms with Crippen LogP contribution in [-0.4, -0.2) is 19.5 Å². The van der Waals surface area contributed by atoms with Gasteiger partial charge in [-0.25, -0.2) is 4.98 Å². The van der Waals surface area contributed by atoms with E-state index in [1.54, 1.807) is 0 Å². The van der Waals surface area contributed by atoms with Crippen molar-refractivity contribution in [1.82, 2.24) is 19.5 Å². The molecule has 188 valence electrons. The van der Waals surface area contributed by atoms with Gasteiger partial charge in [0, 0.05) is 46.2 Å². The maximum atomic E-state index is 6.13. The predicted molar refractivity (Wildman–Crippen MR) is 160 cm³/mol. The molecule has 0 N–H and O–H groups in total. The van der Waals surface area contributed by atoms with Crippen molar-refractivity contribution in [1.29, 1.82) is 0 Å². The number of hydrogen-bond acceptors (Lipinski definition) is 4. The number of pyridine rings is 2. The number of para-hydroxylation sites is 3. The molecule has 4 aromatic carbocycles. The summed E-state index contributed by atoms with van der Waals surface area (Å²) in [5, 5.41) is 2.37. The first-order valence-electron chi connectivity index (χ1n) is 13.2. The topological polar surface area (TPSA) is 56.7 Å². The van der Waals surface area contributed by atoms with Crippen molar-refractivity contribution in [3.63, 3.8) is 0 Å². The van der Waals surface area contributed by atoms with Gasteiger partial charge in [-0.15, -0.1) is 0 Å². The molecular weight excluding hydrogens is 492 g/mol. The first kappa shape index (κ1) is 22.4. The third-order valence-electron chi connectivity index (χ3n) is 7.41. The molecule has 8 aromatic rings. The molecule has 5 nitrogen and oxygen atoms in total. The quantitative estimate of drug-likeness (QED) is 0.236. The number of nitrogens with zero attached hydrogens (tertiary/aromatic N) is 4. The number of oxazole rings is 1. The minimum atomic E-state index is 0.613. The molecule has 0 fully saturated rings. The van der Waals surface area contributed by atoms with Gasteiger partial charge in [-0.05, 0) is 77.9 Å². The standard InChI is InChI=1S/C35H22N4O/c1-3-10-32-27(7-1)28-14-12-24(35-38-31-9-2-4-11-34(31)40-35)21-33(28)39(32)25-13-15-26(23-16-19-36-20-17-23)29(22-25)30-8-5-6-18-37-30/h1-22H. The van der Waals surface area contributed by atoms with Gasteiger partial charge in [0.1, 0.15) is 5.52 Å². The van der Waals surface area contributed by atoms with Gasteiger partial charge < -0.3 is 8.98 Å². The summed E-state index contributed by atoms with van der Waals surface area (Å²) in [5.74, 6) is 0.613. The Kier molecular flexibility index (Phi) is 5.07. The van der Waals surface area contributed by atoms with E-state index < -0.39 is 0 Å². The van der Waals surface area contributed by atoms with E-state index in [0.29, 0.717) is 5.89 Å². The highest BCUT2D eigenvalue weighted by molar-refractivity contribution is 6.10. The highest BCUT2D eigenvalue weighted by atomic mass is 16.3. The highest BCUT2D eigenvalue weighted by Crippen LogP contribution is 2.38. The van der Waals surface area contributed by atoms with E-state index >= 15 is 0 Å². The largest absolute Gasteiger partial charge is 0.436 e. The smallest absolute Gasteiger partial charge is 0.227 e. The Bertz CT molecular complexity index is 2130. The lowest BCUT2D eigenvalue weighted by Gasteiger charge is -2.14. The van der Waals surface area contributed by atoms with Crippen molar-refractivity contribution >= 4 is 32.9 Å². The molecule has 0 radical (unpaired) electrons. The monoisotopic (exact) mass is 514 g/mol. The summed E-state index contributed by atoms with van der Waals surface area (Å²) < 4.78 is 8.45. The van der Waals surface area contributed by atoms with Crippen LogP contribution in [-0.2, 0) is 0 Å². The molecule has 4 heterocycles. The Morgan fingerprint density at radius 3 is 2.27 bits per heavy atom. The number of aromatic nitrogens is 4. The summed E-state index contributed by atoms with van der Waals surface area (Å²) >= 11 is 0. The van der Waals surface area contributed by atoms with Gasteiger partial charge in [-0.3, -0.25) is 9.97 Å². The van der Waals surface area contributed by atoms with Gasteiger partial charge in [0.15, 0.2) is 5.58 Å². The average Bonchev–Trinajstić information content (AvgIpc) is 3.61. The van der Waals surface area contributed by atoms with Crippen LogP contribution in [0.2, 0.25) is 0 Å². The molecule has 0 unspecified atom stereocenters. The second-order valence-corrected chi connectivity index (χ2v) is 9.75. The molecule has 0 bridgehead atoms. The van der Waals surface area contributed by atoms with Gasteiger partial charge in [-0.1, -0.05) is 48.5 Å². The Morgan fingerprint density at radius 1 is 0.575 bits per heavy atom. The van der Waals surface area contributed by atoms with E-state index in [1.165, 1.54) is 10.8 Å². The lowest BCUT2D eigenvalue weighted by atomic mass is 9.97. The molecule has 0 amide bonds. The number of benzene rings is 4. The minimum Gasteiger partial charge on any atom is -0.436 e. The maximum absolute atomic E-state index is 6.13. The van der Waals surface area contributed by atoms with Gasteiger partial charge in [0.05, 0.1) is 16.7 Å². The SMILES string of the molecule is c1ccc(-c2cc(-n3c4ccccc4c4ccc(-c5nc6ccccc6o5)cc43)ccc2-c2ccncc2)nc1. The van der Waals surface area contributed by atoms with Crippen molar-refractivity contribution < 1.29 is 4.42 Å². The minimum absolute atomic E-state index is 0.613. The van der Waals surface area contributed by atoms with Crippen molar-refractivity contribution in [2.24, 2.45) is 0 Å². The average molecular weight is 515 g/mol. The number of rotatable bonds is 4. The highest BCUT2D eigenvalue weighted by Gasteiger charge is 2.17. The van der Waals surface area contributed by atoms with Gasteiger partial charge >= 0.3 is 0 Å². The van der Waals surface area contributed by atoms with E-state index in [1.807, 2.05) is 67.1 Å². The first-order valence-corrected chi connectivity index (χ1v) is 13.2. The number of hydrogen-bond donors (Lipinski definition) is 0. The van der Waals surface area contributed by atoms with Crippen LogP contribution in [0.25, 0.3) is 72.4 Å². The molecule has 8 rings (SSSR count). The fourth-order valence-corrected chi connectivity index (χ4v) is 5.57. The Morgan fingerprint density at radius 2 is 1.40 bits per heavy atom. The summed E-state index contributed by atoms with van der Waals surface area (Å²) in [4.78, 5) is 13.7. The molecule has 0 aliphatic heterocycles. The van der Waals surface area contributed by atoms with Gasteiger partial charge in [0.2, 0.25) is 5.89 Å². The molecule has 4 aromatic heterocycles.